The van der Waals surface area contributed by atoms with Crippen molar-refractivity contribution in [3.63, 3.8) is 0 Å². The Kier molecular flexibility index (Phi) is 3.90. The molecule has 0 bridgehead atoms. The lowest BCUT2D eigenvalue weighted by Crippen LogP contribution is -2.48. The summed E-state index contributed by atoms with van der Waals surface area (Å²) in [4.78, 5) is 23.7. The van der Waals surface area contributed by atoms with Gasteiger partial charge in [0, 0.05) is 30.2 Å². The Hall–Kier alpha value is -1.10. The molecule has 0 spiro atoms. The number of halogens is 1. The normalized spacial score (nSPS) is 17.7. The maximum absolute atomic E-state index is 12.1. The number of hydrogen-bond donors (Lipinski definition) is 1. The molecule has 1 saturated carbocycles. The zero-order chi connectivity index (χ0) is 13.2. The van der Waals surface area contributed by atoms with Crippen LogP contribution in [0.1, 0.15) is 36.0 Å². The van der Waals surface area contributed by atoms with E-state index in [2.05, 4.69) is 21.2 Å². The molecule has 1 aliphatic rings. The molecule has 0 unspecified atom stereocenters. The number of aryl methyl sites for hydroxylation is 1. The van der Waals surface area contributed by atoms with Crippen LogP contribution in [0.3, 0.4) is 0 Å². The highest BCUT2D eigenvalue weighted by Gasteiger charge is 2.34. The van der Waals surface area contributed by atoms with Crippen LogP contribution in [0, 0.1) is 0 Å². The van der Waals surface area contributed by atoms with Gasteiger partial charge in [0.15, 0.2) is 0 Å². The number of carbonyl (C=O) groups excluding carboxylic acids is 1. The van der Waals surface area contributed by atoms with Crippen molar-refractivity contribution in [1.82, 2.24) is 9.88 Å². The second-order valence-corrected chi connectivity index (χ2v) is 5.50. The number of rotatable bonds is 3. The Balaban J connectivity index is 2.16. The van der Waals surface area contributed by atoms with Gasteiger partial charge in [-0.3, -0.25) is 9.59 Å². The summed E-state index contributed by atoms with van der Waals surface area (Å²) in [6.45, 7) is 0. The summed E-state index contributed by atoms with van der Waals surface area (Å²) < 4.78 is 1.45. The van der Waals surface area contributed by atoms with Gasteiger partial charge in [-0.2, -0.15) is 0 Å². The average Bonchev–Trinajstić information content (AvgIpc) is 2.82. The van der Waals surface area contributed by atoms with E-state index in [9.17, 15) is 9.59 Å². The summed E-state index contributed by atoms with van der Waals surface area (Å²) in [5.41, 5.74) is 0.130. The lowest BCUT2D eigenvalue weighted by molar-refractivity contribution is 0.0910. The molecule has 0 saturated heterocycles. The third-order valence-electron chi connectivity index (χ3n) is 3.56. The van der Waals surface area contributed by atoms with Crippen LogP contribution < -0.4 is 10.9 Å². The number of pyridine rings is 1. The van der Waals surface area contributed by atoms with E-state index in [0.29, 0.717) is 5.56 Å². The predicted octanol–water partition coefficient (Wildman–Crippen LogP) is 1.82. The second kappa shape index (κ2) is 5.26. The van der Waals surface area contributed by atoms with Crippen LogP contribution in [-0.2, 0) is 7.05 Å². The summed E-state index contributed by atoms with van der Waals surface area (Å²) in [5.74, 6) is -0.158. The lowest BCUT2D eigenvalue weighted by Gasteiger charge is -2.28. The van der Waals surface area contributed by atoms with Crippen molar-refractivity contribution in [3.8, 4) is 0 Å². The topological polar surface area (TPSA) is 51.1 Å². The largest absolute Gasteiger partial charge is 0.346 e. The first-order valence-electron chi connectivity index (χ1n) is 6.11. The van der Waals surface area contributed by atoms with Gasteiger partial charge in [0.1, 0.15) is 0 Å². The maximum atomic E-state index is 12.1. The summed E-state index contributed by atoms with van der Waals surface area (Å²) in [6.07, 6.45) is 5.89. The van der Waals surface area contributed by atoms with Crippen LogP contribution in [0.15, 0.2) is 23.1 Å². The number of amides is 1. The van der Waals surface area contributed by atoms with Gasteiger partial charge in [-0.05, 0) is 18.9 Å². The van der Waals surface area contributed by atoms with Gasteiger partial charge in [0.2, 0.25) is 0 Å². The lowest BCUT2D eigenvalue weighted by atomic mass is 10.00. The van der Waals surface area contributed by atoms with Crippen LogP contribution >= 0.6 is 15.9 Å². The highest BCUT2D eigenvalue weighted by molar-refractivity contribution is 9.09. The molecule has 0 radical (unpaired) electrons. The Morgan fingerprint density at radius 1 is 1.50 bits per heavy atom. The molecular weight excluding hydrogens is 296 g/mol. The van der Waals surface area contributed by atoms with Gasteiger partial charge in [-0.25, -0.2) is 0 Å². The minimum atomic E-state index is -0.165. The molecule has 5 heteroatoms. The van der Waals surface area contributed by atoms with Crippen molar-refractivity contribution in [3.05, 3.63) is 34.2 Å². The van der Waals surface area contributed by atoms with Crippen LogP contribution in [0.2, 0.25) is 0 Å². The van der Waals surface area contributed by atoms with E-state index in [1.807, 2.05) is 0 Å². The van der Waals surface area contributed by atoms with Gasteiger partial charge in [-0.1, -0.05) is 28.8 Å². The molecule has 1 aliphatic carbocycles. The number of nitrogens with one attached hydrogen (secondary N) is 1. The smallest absolute Gasteiger partial charge is 0.251 e. The molecule has 0 aliphatic heterocycles. The van der Waals surface area contributed by atoms with Crippen molar-refractivity contribution in [2.24, 2.45) is 7.05 Å². The number of hydrogen-bond acceptors (Lipinski definition) is 2. The number of nitrogens with zero attached hydrogens (tertiary/aromatic N) is 1. The second-order valence-electron chi connectivity index (χ2n) is 4.94. The number of aromatic nitrogens is 1. The first kappa shape index (κ1) is 13.3. The standard InChI is InChI=1S/C13H17BrN2O2/c1-16-7-4-10(8-11(16)17)12(18)15-13(9-14)5-2-3-6-13/h4,7-8H,2-3,5-6,9H2,1H3,(H,15,18). The van der Waals surface area contributed by atoms with Crippen LogP contribution in [0.4, 0.5) is 0 Å². The SMILES string of the molecule is Cn1ccc(C(=O)NC2(CBr)CCCC2)cc1=O. The van der Waals surface area contributed by atoms with Gasteiger partial charge < -0.3 is 9.88 Å². The molecule has 1 amide bonds. The first-order chi connectivity index (χ1) is 8.56. The Morgan fingerprint density at radius 2 is 2.17 bits per heavy atom. The Labute approximate surface area is 115 Å². The van der Waals surface area contributed by atoms with Crippen LogP contribution in [0.25, 0.3) is 0 Å². The van der Waals surface area contributed by atoms with E-state index in [4.69, 9.17) is 0 Å². The summed E-state index contributed by atoms with van der Waals surface area (Å²) >= 11 is 3.48. The fraction of sp³-hybridized carbons (Fsp3) is 0.538. The van der Waals surface area contributed by atoms with Crippen LogP contribution in [-0.4, -0.2) is 21.3 Å². The zero-order valence-corrected chi connectivity index (χ0v) is 12.0. The number of alkyl halides is 1. The van der Waals surface area contributed by atoms with E-state index in [1.54, 1.807) is 19.3 Å². The molecule has 98 valence electrons. The van der Waals surface area contributed by atoms with Crippen LogP contribution in [0.5, 0.6) is 0 Å². The molecule has 1 N–H and O–H groups in total. The van der Waals surface area contributed by atoms with Gasteiger partial charge >= 0.3 is 0 Å². The average molecular weight is 313 g/mol. The summed E-state index contributed by atoms with van der Waals surface area (Å²) in [7, 11) is 1.67. The molecule has 2 rings (SSSR count). The van der Waals surface area contributed by atoms with E-state index in [1.165, 1.54) is 10.6 Å². The molecular formula is C13H17BrN2O2. The molecule has 1 aromatic heterocycles. The monoisotopic (exact) mass is 312 g/mol. The fourth-order valence-corrected chi connectivity index (χ4v) is 3.05. The first-order valence-corrected chi connectivity index (χ1v) is 7.24. The van der Waals surface area contributed by atoms with Crippen molar-refractivity contribution in [2.75, 3.05) is 5.33 Å². The van der Waals surface area contributed by atoms with Crippen molar-refractivity contribution < 1.29 is 4.79 Å². The van der Waals surface area contributed by atoms with Gasteiger partial charge in [-0.15, -0.1) is 0 Å². The highest BCUT2D eigenvalue weighted by atomic mass is 79.9. The molecule has 0 aromatic carbocycles. The molecule has 1 heterocycles. The quantitative estimate of drug-likeness (QED) is 0.866. The van der Waals surface area contributed by atoms with E-state index >= 15 is 0 Å². The fourth-order valence-electron chi connectivity index (χ4n) is 2.35. The summed E-state index contributed by atoms with van der Waals surface area (Å²) in [6, 6.07) is 3.06. The van der Waals surface area contributed by atoms with E-state index in [-0.39, 0.29) is 17.0 Å². The maximum Gasteiger partial charge on any atom is 0.251 e. The van der Waals surface area contributed by atoms with Crippen molar-refractivity contribution >= 4 is 21.8 Å². The Bertz CT molecular complexity index is 504. The minimum absolute atomic E-state index is 0.141. The Morgan fingerprint density at radius 3 is 2.72 bits per heavy atom. The third kappa shape index (κ3) is 2.66. The molecule has 0 atom stereocenters. The van der Waals surface area contributed by atoms with Crippen molar-refractivity contribution in [2.45, 2.75) is 31.2 Å². The molecule has 1 fully saturated rings. The van der Waals surface area contributed by atoms with Gasteiger partial charge in [0.25, 0.3) is 11.5 Å². The van der Waals surface area contributed by atoms with E-state index < -0.39 is 0 Å². The minimum Gasteiger partial charge on any atom is -0.346 e. The third-order valence-corrected chi connectivity index (χ3v) is 4.64. The zero-order valence-electron chi connectivity index (χ0n) is 10.4. The predicted molar refractivity (Wildman–Crippen MR) is 74.1 cm³/mol. The number of carbonyl (C=O) groups is 1. The van der Waals surface area contributed by atoms with E-state index in [0.717, 1.165) is 31.0 Å². The highest BCUT2D eigenvalue weighted by Crippen LogP contribution is 2.31. The molecule has 1 aromatic rings. The van der Waals surface area contributed by atoms with Gasteiger partial charge in [0.05, 0.1) is 5.54 Å². The summed E-state index contributed by atoms with van der Waals surface area (Å²) in [5, 5.41) is 3.83. The molecule has 4 nitrogen and oxygen atoms in total. The molecule has 18 heavy (non-hydrogen) atoms. The van der Waals surface area contributed by atoms with Crippen molar-refractivity contribution in [1.29, 1.82) is 0 Å².